The summed E-state index contributed by atoms with van der Waals surface area (Å²) in [5.74, 6) is 0.471. The maximum atomic E-state index is 12.6. The number of carbonyl (C=O) groups excluding carboxylic acids is 1. The van der Waals surface area contributed by atoms with Crippen LogP contribution in [0.1, 0.15) is 29.0 Å². The Labute approximate surface area is 165 Å². The zero-order chi connectivity index (χ0) is 20.1. The molecule has 1 saturated heterocycles. The van der Waals surface area contributed by atoms with Crippen molar-refractivity contribution in [3.63, 3.8) is 0 Å². The summed E-state index contributed by atoms with van der Waals surface area (Å²) >= 11 is 0. The van der Waals surface area contributed by atoms with Gasteiger partial charge in [0.2, 0.25) is 10.0 Å². The van der Waals surface area contributed by atoms with E-state index in [1.807, 2.05) is 6.92 Å². The van der Waals surface area contributed by atoms with Gasteiger partial charge in [-0.25, -0.2) is 18.1 Å². The van der Waals surface area contributed by atoms with E-state index in [0.29, 0.717) is 24.5 Å². The molecule has 0 saturated carbocycles. The average molecular weight is 404 g/mol. The van der Waals surface area contributed by atoms with Crippen LogP contribution >= 0.6 is 0 Å². The molecule has 3 rings (SSSR count). The molecule has 0 aliphatic carbocycles. The molecule has 8 nitrogen and oxygen atoms in total. The van der Waals surface area contributed by atoms with Gasteiger partial charge < -0.3 is 9.64 Å². The van der Waals surface area contributed by atoms with Crippen molar-refractivity contribution < 1.29 is 17.9 Å². The van der Waals surface area contributed by atoms with E-state index >= 15 is 0 Å². The van der Waals surface area contributed by atoms with Gasteiger partial charge in [0.15, 0.2) is 0 Å². The fourth-order valence-electron chi connectivity index (χ4n) is 3.15. The summed E-state index contributed by atoms with van der Waals surface area (Å²) in [4.78, 5) is 22.8. The molecule has 1 aliphatic heterocycles. The van der Waals surface area contributed by atoms with E-state index in [-0.39, 0.29) is 23.3 Å². The van der Waals surface area contributed by atoms with Crippen molar-refractivity contribution in [2.75, 3.05) is 26.7 Å². The number of nitrogens with one attached hydrogen (secondary N) is 1. The third kappa shape index (κ3) is 4.85. The molecule has 1 atom stereocenters. The van der Waals surface area contributed by atoms with Crippen LogP contribution in [0.25, 0.3) is 0 Å². The summed E-state index contributed by atoms with van der Waals surface area (Å²) in [5, 5.41) is 0. The lowest BCUT2D eigenvalue weighted by Gasteiger charge is -2.32. The third-order valence-corrected chi connectivity index (χ3v) is 6.18. The maximum Gasteiger partial charge on any atom is 0.274 e. The van der Waals surface area contributed by atoms with E-state index in [0.717, 1.165) is 18.5 Å². The molecule has 1 aliphatic rings. The Bertz CT molecular complexity index is 914. The van der Waals surface area contributed by atoms with Crippen molar-refractivity contribution in [3.05, 3.63) is 48.0 Å². The number of hydrogen-bond donors (Lipinski definition) is 1. The molecule has 1 amide bonds. The highest BCUT2D eigenvalue weighted by Gasteiger charge is 2.26. The van der Waals surface area contributed by atoms with Gasteiger partial charge in [0.1, 0.15) is 11.4 Å². The molecule has 1 aromatic heterocycles. The van der Waals surface area contributed by atoms with E-state index in [9.17, 15) is 13.2 Å². The molecular weight excluding hydrogens is 380 g/mol. The Hall–Kier alpha value is -2.52. The molecule has 2 heterocycles. The zero-order valence-electron chi connectivity index (χ0n) is 16.0. The molecule has 0 radical (unpaired) electrons. The molecule has 28 heavy (non-hydrogen) atoms. The molecule has 0 unspecified atom stereocenters. The molecule has 0 spiro atoms. The quantitative estimate of drug-likeness (QED) is 0.785. The van der Waals surface area contributed by atoms with Crippen molar-refractivity contribution in [2.24, 2.45) is 5.92 Å². The summed E-state index contributed by atoms with van der Waals surface area (Å²) in [6.45, 7) is 3.21. The number of piperidine rings is 1. The second kappa shape index (κ2) is 8.66. The minimum atomic E-state index is -3.61. The standard InChI is InChI=1S/C19H24N4O4S/c1-14-10-21-18(12-20-14)19(24)23-9-3-4-15(13-23)11-22-28(25,26)17-7-5-16(27-2)6-8-17/h5-8,10,12,15,22H,3-4,9,11,13H2,1-2H3/t15-/m1/s1. The minimum Gasteiger partial charge on any atom is -0.497 e. The number of aryl methyl sites for hydroxylation is 1. The number of rotatable bonds is 6. The number of sulfonamides is 1. The zero-order valence-corrected chi connectivity index (χ0v) is 16.8. The van der Waals surface area contributed by atoms with Crippen LogP contribution in [-0.4, -0.2) is 55.9 Å². The molecule has 1 aromatic carbocycles. The van der Waals surface area contributed by atoms with Crippen LogP contribution in [0.15, 0.2) is 41.6 Å². The predicted octanol–water partition coefficient (Wildman–Crippen LogP) is 1.62. The van der Waals surface area contributed by atoms with Crippen LogP contribution in [0.5, 0.6) is 5.75 Å². The number of carbonyl (C=O) groups is 1. The second-order valence-electron chi connectivity index (χ2n) is 6.83. The number of aromatic nitrogens is 2. The average Bonchev–Trinajstić information content (AvgIpc) is 2.72. The highest BCUT2D eigenvalue weighted by molar-refractivity contribution is 7.89. The molecule has 1 fully saturated rings. The first-order valence-corrected chi connectivity index (χ1v) is 10.6. The molecule has 9 heteroatoms. The van der Waals surface area contributed by atoms with Gasteiger partial charge in [-0.2, -0.15) is 0 Å². The second-order valence-corrected chi connectivity index (χ2v) is 8.60. The molecule has 2 aromatic rings. The Morgan fingerprint density at radius 1 is 1.25 bits per heavy atom. The molecular formula is C19H24N4O4S. The number of benzene rings is 1. The third-order valence-electron chi connectivity index (χ3n) is 4.74. The highest BCUT2D eigenvalue weighted by atomic mass is 32.2. The van der Waals surface area contributed by atoms with Gasteiger partial charge in [-0.1, -0.05) is 0 Å². The lowest BCUT2D eigenvalue weighted by molar-refractivity contribution is 0.0670. The van der Waals surface area contributed by atoms with Crippen LogP contribution in [0.4, 0.5) is 0 Å². The summed E-state index contributed by atoms with van der Waals surface area (Å²) in [5.41, 5.74) is 1.06. The van der Waals surface area contributed by atoms with Crippen LogP contribution in [0.2, 0.25) is 0 Å². The summed E-state index contributed by atoms with van der Waals surface area (Å²) in [6, 6.07) is 6.23. The van der Waals surface area contributed by atoms with E-state index < -0.39 is 10.0 Å². The maximum absolute atomic E-state index is 12.6. The highest BCUT2D eigenvalue weighted by Crippen LogP contribution is 2.19. The first kappa shape index (κ1) is 20.2. The number of ether oxygens (including phenoxy) is 1. The van der Waals surface area contributed by atoms with Crippen LogP contribution in [0.3, 0.4) is 0 Å². The van der Waals surface area contributed by atoms with Gasteiger partial charge in [0, 0.05) is 25.8 Å². The molecule has 1 N–H and O–H groups in total. The van der Waals surface area contributed by atoms with E-state index in [2.05, 4.69) is 14.7 Å². The summed E-state index contributed by atoms with van der Waals surface area (Å²) in [7, 11) is -2.08. The van der Waals surface area contributed by atoms with Gasteiger partial charge in [-0.05, 0) is 49.9 Å². The van der Waals surface area contributed by atoms with Crippen molar-refractivity contribution in [3.8, 4) is 5.75 Å². The largest absolute Gasteiger partial charge is 0.497 e. The first-order chi connectivity index (χ1) is 13.4. The van der Waals surface area contributed by atoms with Crippen LogP contribution in [-0.2, 0) is 10.0 Å². The molecule has 0 bridgehead atoms. The van der Waals surface area contributed by atoms with Crippen LogP contribution < -0.4 is 9.46 Å². The number of likely N-dealkylation sites (tertiary alicyclic amines) is 1. The number of amides is 1. The van der Waals surface area contributed by atoms with Gasteiger partial charge in [0.25, 0.3) is 5.91 Å². The predicted molar refractivity (Wildman–Crippen MR) is 104 cm³/mol. The van der Waals surface area contributed by atoms with Gasteiger partial charge >= 0.3 is 0 Å². The summed E-state index contributed by atoms with van der Waals surface area (Å²) in [6.07, 6.45) is 4.72. The molecule has 150 valence electrons. The smallest absolute Gasteiger partial charge is 0.274 e. The number of hydrogen-bond acceptors (Lipinski definition) is 6. The van der Waals surface area contributed by atoms with Crippen molar-refractivity contribution in [1.29, 1.82) is 0 Å². The Morgan fingerprint density at radius 3 is 2.64 bits per heavy atom. The van der Waals surface area contributed by atoms with E-state index in [4.69, 9.17) is 4.74 Å². The number of nitrogens with zero attached hydrogens (tertiary/aromatic N) is 3. The SMILES string of the molecule is COc1ccc(S(=O)(=O)NC[C@H]2CCCN(C(=O)c3cnc(C)cn3)C2)cc1. The first-order valence-electron chi connectivity index (χ1n) is 9.10. The van der Waals surface area contributed by atoms with Crippen molar-refractivity contribution in [1.82, 2.24) is 19.6 Å². The van der Waals surface area contributed by atoms with Crippen molar-refractivity contribution in [2.45, 2.75) is 24.7 Å². The van der Waals surface area contributed by atoms with Gasteiger partial charge in [-0.3, -0.25) is 9.78 Å². The Morgan fingerprint density at radius 2 is 2.00 bits per heavy atom. The van der Waals surface area contributed by atoms with E-state index in [1.165, 1.54) is 25.4 Å². The van der Waals surface area contributed by atoms with Crippen LogP contribution in [0, 0.1) is 12.8 Å². The fraction of sp³-hybridized carbons (Fsp3) is 0.421. The topological polar surface area (TPSA) is 101 Å². The van der Waals surface area contributed by atoms with Crippen molar-refractivity contribution >= 4 is 15.9 Å². The Balaban J connectivity index is 1.59. The number of methoxy groups -OCH3 is 1. The Kier molecular flexibility index (Phi) is 6.25. The summed E-state index contributed by atoms with van der Waals surface area (Å²) < 4.78 is 32.7. The normalized spacial score (nSPS) is 17.4. The lowest BCUT2D eigenvalue weighted by Crippen LogP contribution is -2.44. The lowest BCUT2D eigenvalue weighted by atomic mass is 9.98. The monoisotopic (exact) mass is 404 g/mol. The minimum absolute atomic E-state index is 0.0455. The van der Waals surface area contributed by atoms with Gasteiger partial charge in [0.05, 0.1) is 23.9 Å². The van der Waals surface area contributed by atoms with Gasteiger partial charge in [-0.15, -0.1) is 0 Å². The fourth-order valence-corrected chi connectivity index (χ4v) is 4.26. The van der Waals surface area contributed by atoms with E-state index in [1.54, 1.807) is 23.2 Å².